The molecule has 7 rings (SSSR count). The van der Waals surface area contributed by atoms with Crippen LogP contribution < -0.4 is 0 Å². The SMILES string of the molecule is c1cc(-c2ccsc2)c2cc(-c3[nH]nc4ncc(-c5cncc(CN6CCCC6)c5)cc34)[nH]c2c1. The monoisotopic (exact) mass is 476 g/mol. The number of benzene rings is 1. The normalized spacial score (nSPS) is 14.4. The Labute approximate surface area is 206 Å². The van der Waals surface area contributed by atoms with Gasteiger partial charge >= 0.3 is 0 Å². The summed E-state index contributed by atoms with van der Waals surface area (Å²) >= 11 is 1.72. The molecule has 1 saturated heterocycles. The van der Waals surface area contributed by atoms with Gasteiger partial charge in [0.25, 0.3) is 0 Å². The first kappa shape index (κ1) is 20.6. The van der Waals surface area contributed by atoms with E-state index >= 15 is 0 Å². The number of likely N-dealkylation sites (tertiary alicyclic amines) is 1. The zero-order chi connectivity index (χ0) is 23.2. The summed E-state index contributed by atoms with van der Waals surface area (Å²) in [5, 5.41) is 14.2. The lowest BCUT2D eigenvalue weighted by Gasteiger charge is -2.14. The fraction of sp³-hybridized carbons (Fsp3) is 0.179. The number of aromatic nitrogens is 5. The average molecular weight is 477 g/mol. The van der Waals surface area contributed by atoms with Crippen LogP contribution in [0.1, 0.15) is 18.4 Å². The Morgan fingerprint density at radius 3 is 2.71 bits per heavy atom. The molecule has 0 bridgehead atoms. The Hall–Kier alpha value is -3.81. The van der Waals surface area contributed by atoms with E-state index in [4.69, 9.17) is 0 Å². The summed E-state index contributed by atoms with van der Waals surface area (Å²) in [5.74, 6) is 0. The minimum atomic E-state index is 0.710. The van der Waals surface area contributed by atoms with Crippen LogP contribution in [0.25, 0.3) is 55.6 Å². The Morgan fingerprint density at radius 2 is 1.83 bits per heavy atom. The van der Waals surface area contributed by atoms with Crippen molar-refractivity contribution in [2.75, 3.05) is 13.1 Å². The van der Waals surface area contributed by atoms with Gasteiger partial charge in [0.2, 0.25) is 0 Å². The maximum Gasteiger partial charge on any atom is 0.181 e. The summed E-state index contributed by atoms with van der Waals surface area (Å²) in [4.78, 5) is 15.3. The topological polar surface area (TPSA) is 73.5 Å². The van der Waals surface area contributed by atoms with Gasteiger partial charge in [0.15, 0.2) is 5.65 Å². The van der Waals surface area contributed by atoms with E-state index in [0.29, 0.717) is 5.65 Å². The zero-order valence-electron chi connectivity index (χ0n) is 19.2. The highest BCUT2D eigenvalue weighted by atomic mass is 32.1. The molecule has 5 aromatic heterocycles. The number of thiophene rings is 1. The van der Waals surface area contributed by atoms with Crippen LogP contribution in [0.3, 0.4) is 0 Å². The number of hydrogen-bond acceptors (Lipinski definition) is 5. The third-order valence-electron chi connectivity index (χ3n) is 6.91. The summed E-state index contributed by atoms with van der Waals surface area (Å²) in [6.45, 7) is 3.30. The molecule has 1 aliphatic rings. The van der Waals surface area contributed by atoms with Gasteiger partial charge in [-0.3, -0.25) is 15.0 Å². The van der Waals surface area contributed by atoms with Gasteiger partial charge in [-0.05, 0) is 83.7 Å². The minimum absolute atomic E-state index is 0.710. The third-order valence-corrected chi connectivity index (χ3v) is 7.59. The van der Waals surface area contributed by atoms with E-state index in [0.717, 1.165) is 40.0 Å². The molecule has 6 aromatic rings. The summed E-state index contributed by atoms with van der Waals surface area (Å²) in [7, 11) is 0. The first-order valence-corrected chi connectivity index (χ1v) is 12.9. The fourth-order valence-electron chi connectivity index (χ4n) is 5.15. The minimum Gasteiger partial charge on any atom is -0.353 e. The molecule has 0 saturated carbocycles. The Bertz CT molecular complexity index is 1640. The van der Waals surface area contributed by atoms with Crippen LogP contribution in [0.5, 0.6) is 0 Å². The number of hydrogen-bond donors (Lipinski definition) is 2. The molecule has 6 nitrogen and oxygen atoms in total. The predicted octanol–water partition coefficient (Wildman–Crippen LogP) is 6.49. The van der Waals surface area contributed by atoms with E-state index in [2.05, 4.69) is 83.3 Å². The van der Waals surface area contributed by atoms with Crippen LogP contribution in [0.4, 0.5) is 0 Å². The van der Waals surface area contributed by atoms with Crippen molar-refractivity contribution >= 4 is 33.3 Å². The Balaban J connectivity index is 1.28. The van der Waals surface area contributed by atoms with Crippen molar-refractivity contribution in [3.63, 3.8) is 0 Å². The number of pyridine rings is 2. The van der Waals surface area contributed by atoms with Gasteiger partial charge in [-0.2, -0.15) is 16.4 Å². The molecule has 1 aliphatic heterocycles. The van der Waals surface area contributed by atoms with Crippen molar-refractivity contribution in [2.24, 2.45) is 0 Å². The zero-order valence-corrected chi connectivity index (χ0v) is 20.0. The van der Waals surface area contributed by atoms with Crippen LogP contribution in [-0.4, -0.2) is 43.1 Å². The molecular formula is C28H24N6S. The van der Waals surface area contributed by atoms with Crippen LogP contribution in [0, 0.1) is 0 Å². The molecule has 0 unspecified atom stereocenters. The number of nitrogens with one attached hydrogen (secondary N) is 2. The molecule has 2 N–H and O–H groups in total. The number of H-pyrrole nitrogens is 2. The van der Waals surface area contributed by atoms with Crippen molar-refractivity contribution in [1.29, 1.82) is 0 Å². The first-order chi connectivity index (χ1) is 17.3. The maximum atomic E-state index is 4.66. The van der Waals surface area contributed by atoms with Gasteiger partial charge in [0, 0.05) is 52.6 Å². The molecule has 0 amide bonds. The first-order valence-electron chi connectivity index (χ1n) is 12.0. The van der Waals surface area contributed by atoms with E-state index in [-0.39, 0.29) is 0 Å². The lowest BCUT2D eigenvalue weighted by molar-refractivity contribution is 0.331. The number of nitrogens with zero attached hydrogens (tertiary/aromatic N) is 4. The lowest BCUT2D eigenvalue weighted by atomic mass is 10.0. The Kier molecular flexibility index (Phi) is 4.96. The highest BCUT2D eigenvalue weighted by molar-refractivity contribution is 7.08. The second-order valence-corrected chi connectivity index (χ2v) is 10.0. The molecule has 172 valence electrons. The van der Waals surface area contributed by atoms with Gasteiger partial charge in [0.1, 0.15) is 0 Å². The fourth-order valence-corrected chi connectivity index (χ4v) is 5.81. The predicted molar refractivity (Wildman–Crippen MR) is 142 cm³/mol. The molecule has 0 radical (unpaired) electrons. The largest absolute Gasteiger partial charge is 0.353 e. The molecule has 35 heavy (non-hydrogen) atoms. The van der Waals surface area contributed by atoms with E-state index in [1.165, 1.54) is 48.0 Å². The van der Waals surface area contributed by atoms with Crippen LogP contribution >= 0.6 is 11.3 Å². The van der Waals surface area contributed by atoms with Crippen molar-refractivity contribution in [2.45, 2.75) is 19.4 Å². The van der Waals surface area contributed by atoms with E-state index in [1.807, 2.05) is 18.6 Å². The molecule has 1 fully saturated rings. The van der Waals surface area contributed by atoms with Gasteiger partial charge < -0.3 is 4.98 Å². The van der Waals surface area contributed by atoms with Crippen molar-refractivity contribution in [1.82, 2.24) is 30.0 Å². The Morgan fingerprint density at radius 1 is 0.914 bits per heavy atom. The summed E-state index contributed by atoms with van der Waals surface area (Å²) < 4.78 is 0. The van der Waals surface area contributed by atoms with Gasteiger partial charge in [-0.25, -0.2) is 4.98 Å². The summed E-state index contributed by atoms with van der Waals surface area (Å²) in [6.07, 6.45) is 8.38. The number of fused-ring (bicyclic) bond motifs is 2. The summed E-state index contributed by atoms with van der Waals surface area (Å²) in [5.41, 5.74) is 9.61. The molecule has 0 spiro atoms. The van der Waals surface area contributed by atoms with Crippen LogP contribution in [0.15, 0.2) is 71.8 Å². The van der Waals surface area contributed by atoms with Gasteiger partial charge in [-0.1, -0.05) is 12.1 Å². The second-order valence-electron chi connectivity index (χ2n) is 9.22. The van der Waals surface area contributed by atoms with Gasteiger partial charge in [0.05, 0.1) is 11.4 Å². The number of aromatic amines is 2. The third kappa shape index (κ3) is 3.73. The highest BCUT2D eigenvalue weighted by Gasteiger charge is 2.16. The van der Waals surface area contributed by atoms with Crippen molar-refractivity contribution in [3.05, 3.63) is 77.4 Å². The van der Waals surface area contributed by atoms with E-state index in [9.17, 15) is 0 Å². The maximum absolute atomic E-state index is 4.66. The van der Waals surface area contributed by atoms with Crippen molar-refractivity contribution in [3.8, 4) is 33.6 Å². The molecule has 7 heteroatoms. The quantitative estimate of drug-likeness (QED) is 0.298. The summed E-state index contributed by atoms with van der Waals surface area (Å²) in [6, 6.07) is 15.2. The molecule has 0 aliphatic carbocycles. The van der Waals surface area contributed by atoms with Gasteiger partial charge in [-0.15, -0.1) is 0 Å². The lowest BCUT2D eigenvalue weighted by Crippen LogP contribution is -2.18. The number of rotatable bonds is 5. The van der Waals surface area contributed by atoms with Crippen LogP contribution in [0.2, 0.25) is 0 Å². The second kappa shape index (κ2) is 8.45. The molecule has 1 aromatic carbocycles. The van der Waals surface area contributed by atoms with E-state index < -0.39 is 0 Å². The van der Waals surface area contributed by atoms with Crippen LogP contribution in [-0.2, 0) is 6.54 Å². The van der Waals surface area contributed by atoms with Crippen molar-refractivity contribution < 1.29 is 0 Å². The molecule has 0 atom stereocenters. The van der Waals surface area contributed by atoms with E-state index in [1.54, 1.807) is 11.3 Å². The molecule has 6 heterocycles. The standard InChI is InChI=1S/C28H24N6S/c1-2-8-34(7-1)16-18-10-20(14-29-13-18)21-11-24-27(32-33-28(24)30-15-21)26-12-23-22(19-6-9-35-17-19)4-3-5-25(23)31-26/h3-6,9-15,17,31H,1-2,7-8,16H2,(H,30,32,33). The smallest absolute Gasteiger partial charge is 0.181 e. The highest BCUT2D eigenvalue weighted by Crippen LogP contribution is 2.35. The molecular weight excluding hydrogens is 452 g/mol. The average Bonchev–Trinajstić information content (AvgIpc) is 3.70.